The lowest BCUT2D eigenvalue weighted by atomic mass is 10.1. The van der Waals surface area contributed by atoms with Crippen molar-refractivity contribution in [2.24, 2.45) is 5.10 Å². The topological polar surface area (TPSA) is 63.5 Å². The van der Waals surface area contributed by atoms with Gasteiger partial charge in [0.2, 0.25) is 0 Å². The number of rotatable bonds is 5. The van der Waals surface area contributed by atoms with E-state index in [1.807, 2.05) is 30.3 Å². The summed E-state index contributed by atoms with van der Waals surface area (Å²) in [6.45, 7) is 0.300. The van der Waals surface area contributed by atoms with Crippen LogP contribution in [0.15, 0.2) is 82.8 Å². The Hall–Kier alpha value is -3.68. The summed E-state index contributed by atoms with van der Waals surface area (Å²) in [7, 11) is 0. The maximum atomic E-state index is 12.7. The molecular formula is C21H16F3N3O2. The molecule has 0 bridgehead atoms. The molecule has 8 heteroatoms. The first-order chi connectivity index (χ1) is 13.8. The maximum Gasteiger partial charge on any atom is 0.416 e. The van der Waals surface area contributed by atoms with E-state index in [1.54, 1.807) is 12.3 Å². The van der Waals surface area contributed by atoms with Gasteiger partial charge in [-0.05, 0) is 35.4 Å². The fraction of sp³-hybridized carbons (Fsp3) is 0.0952. The zero-order valence-electron chi connectivity index (χ0n) is 15.1. The lowest BCUT2D eigenvalue weighted by Crippen LogP contribution is -2.30. The first-order valence-electron chi connectivity index (χ1n) is 8.58. The summed E-state index contributed by atoms with van der Waals surface area (Å²) in [6, 6.07) is 16.7. The SMILES string of the molecule is O=C(N/N=C\c1cccc(C(F)(F)F)c1)c1cccn(Cc2ccccc2)c1=O. The highest BCUT2D eigenvalue weighted by Crippen LogP contribution is 2.29. The van der Waals surface area contributed by atoms with Gasteiger partial charge in [0, 0.05) is 6.20 Å². The summed E-state index contributed by atoms with van der Waals surface area (Å²) in [4.78, 5) is 24.8. The number of pyridine rings is 1. The number of nitrogens with one attached hydrogen (secondary N) is 1. The second kappa shape index (κ2) is 8.55. The van der Waals surface area contributed by atoms with Crippen molar-refractivity contribution in [2.45, 2.75) is 12.7 Å². The van der Waals surface area contributed by atoms with Gasteiger partial charge in [0.25, 0.3) is 11.5 Å². The Morgan fingerprint density at radius 3 is 2.52 bits per heavy atom. The molecule has 148 valence electrons. The molecule has 0 fully saturated rings. The molecule has 2 aromatic carbocycles. The number of carbonyl (C=O) groups is 1. The summed E-state index contributed by atoms with van der Waals surface area (Å²) < 4.78 is 39.6. The predicted octanol–water partition coefficient (Wildman–Crippen LogP) is 3.68. The number of hydrogen-bond acceptors (Lipinski definition) is 3. The van der Waals surface area contributed by atoms with Gasteiger partial charge in [0.15, 0.2) is 0 Å². The van der Waals surface area contributed by atoms with Crippen LogP contribution in [0.25, 0.3) is 0 Å². The second-order valence-electron chi connectivity index (χ2n) is 6.16. The van der Waals surface area contributed by atoms with E-state index >= 15 is 0 Å². The average molecular weight is 399 g/mol. The van der Waals surface area contributed by atoms with E-state index in [0.717, 1.165) is 23.9 Å². The van der Waals surface area contributed by atoms with Crippen molar-refractivity contribution >= 4 is 12.1 Å². The summed E-state index contributed by atoms with van der Waals surface area (Å²) >= 11 is 0. The van der Waals surface area contributed by atoms with Crippen LogP contribution in [-0.2, 0) is 12.7 Å². The molecule has 0 aliphatic rings. The highest BCUT2D eigenvalue weighted by molar-refractivity contribution is 5.94. The van der Waals surface area contributed by atoms with Crippen LogP contribution < -0.4 is 11.0 Å². The first-order valence-corrected chi connectivity index (χ1v) is 8.58. The van der Waals surface area contributed by atoms with Gasteiger partial charge in [-0.15, -0.1) is 0 Å². The molecule has 1 N–H and O–H groups in total. The van der Waals surface area contributed by atoms with Gasteiger partial charge >= 0.3 is 6.18 Å². The zero-order valence-corrected chi connectivity index (χ0v) is 15.1. The van der Waals surface area contributed by atoms with E-state index in [9.17, 15) is 22.8 Å². The van der Waals surface area contributed by atoms with Gasteiger partial charge < -0.3 is 4.57 Å². The number of nitrogens with zero attached hydrogens (tertiary/aromatic N) is 2. The summed E-state index contributed by atoms with van der Waals surface area (Å²) in [5.74, 6) is -0.749. The third-order valence-corrected chi connectivity index (χ3v) is 4.05. The molecule has 5 nitrogen and oxygen atoms in total. The van der Waals surface area contributed by atoms with Gasteiger partial charge in [-0.2, -0.15) is 18.3 Å². The fourth-order valence-electron chi connectivity index (χ4n) is 2.64. The van der Waals surface area contributed by atoms with E-state index in [2.05, 4.69) is 10.5 Å². The standard InChI is InChI=1S/C21H16F3N3O2/c22-21(23,24)17-9-4-8-16(12-17)13-25-26-19(28)18-10-5-11-27(20(18)29)14-15-6-2-1-3-7-15/h1-13H,14H2,(H,26,28)/b25-13-. The Balaban J connectivity index is 1.72. The molecule has 0 radical (unpaired) electrons. The Morgan fingerprint density at radius 1 is 1.03 bits per heavy atom. The van der Waals surface area contributed by atoms with Gasteiger partial charge in [-0.25, -0.2) is 5.43 Å². The van der Waals surface area contributed by atoms with Crippen LogP contribution >= 0.6 is 0 Å². The van der Waals surface area contributed by atoms with Crippen LogP contribution in [0.4, 0.5) is 13.2 Å². The number of alkyl halides is 3. The molecule has 0 unspecified atom stereocenters. The largest absolute Gasteiger partial charge is 0.416 e. The summed E-state index contributed by atoms with van der Waals surface area (Å²) in [5, 5.41) is 3.66. The number of aromatic nitrogens is 1. The number of hydrogen-bond donors (Lipinski definition) is 1. The molecule has 0 aliphatic carbocycles. The lowest BCUT2D eigenvalue weighted by Gasteiger charge is -2.08. The number of amides is 1. The first kappa shape index (κ1) is 20.1. The van der Waals surface area contributed by atoms with Crippen LogP contribution in [0.2, 0.25) is 0 Å². The van der Waals surface area contributed by atoms with Crippen LogP contribution in [0.5, 0.6) is 0 Å². The molecule has 29 heavy (non-hydrogen) atoms. The van der Waals surface area contributed by atoms with E-state index in [-0.39, 0.29) is 11.1 Å². The minimum absolute atomic E-state index is 0.121. The van der Waals surface area contributed by atoms with E-state index in [1.165, 1.54) is 22.8 Å². The molecule has 0 saturated heterocycles. The monoisotopic (exact) mass is 399 g/mol. The van der Waals surface area contributed by atoms with Crippen molar-refractivity contribution in [3.05, 3.63) is 106 Å². The van der Waals surface area contributed by atoms with Crippen molar-refractivity contribution in [1.29, 1.82) is 0 Å². The van der Waals surface area contributed by atoms with E-state index in [4.69, 9.17) is 0 Å². The van der Waals surface area contributed by atoms with Crippen molar-refractivity contribution in [1.82, 2.24) is 9.99 Å². The highest BCUT2D eigenvalue weighted by Gasteiger charge is 2.30. The quantitative estimate of drug-likeness (QED) is 0.526. The smallest absolute Gasteiger partial charge is 0.310 e. The van der Waals surface area contributed by atoms with Crippen molar-refractivity contribution in [3.8, 4) is 0 Å². The Morgan fingerprint density at radius 2 is 1.79 bits per heavy atom. The third kappa shape index (κ3) is 5.19. The Labute approximate surface area is 164 Å². The molecule has 0 atom stereocenters. The van der Waals surface area contributed by atoms with Gasteiger partial charge in [-0.1, -0.05) is 42.5 Å². The summed E-state index contributed by atoms with van der Waals surface area (Å²) in [6.07, 6.45) is -1.82. The molecule has 0 aliphatic heterocycles. The normalized spacial score (nSPS) is 11.6. The third-order valence-electron chi connectivity index (χ3n) is 4.05. The predicted molar refractivity (Wildman–Crippen MR) is 103 cm³/mol. The molecule has 0 saturated carbocycles. The molecule has 0 spiro atoms. The fourth-order valence-corrected chi connectivity index (χ4v) is 2.64. The van der Waals surface area contributed by atoms with E-state index < -0.39 is 23.2 Å². The highest BCUT2D eigenvalue weighted by atomic mass is 19.4. The minimum atomic E-state index is -4.47. The summed E-state index contributed by atoms with van der Waals surface area (Å²) in [5.41, 5.74) is 1.80. The molecule has 1 amide bonds. The average Bonchev–Trinajstić information content (AvgIpc) is 2.70. The van der Waals surface area contributed by atoms with Crippen LogP contribution in [0.3, 0.4) is 0 Å². The zero-order chi connectivity index (χ0) is 20.9. The molecule has 3 rings (SSSR count). The van der Waals surface area contributed by atoms with Crippen molar-refractivity contribution < 1.29 is 18.0 Å². The number of benzene rings is 2. The van der Waals surface area contributed by atoms with Crippen molar-refractivity contribution in [3.63, 3.8) is 0 Å². The molecular weight excluding hydrogens is 383 g/mol. The van der Waals surface area contributed by atoms with Crippen LogP contribution in [0.1, 0.15) is 27.0 Å². The van der Waals surface area contributed by atoms with Crippen LogP contribution in [0, 0.1) is 0 Å². The second-order valence-corrected chi connectivity index (χ2v) is 6.16. The Kier molecular flexibility index (Phi) is 5.92. The number of carbonyl (C=O) groups excluding carboxylic acids is 1. The van der Waals surface area contributed by atoms with Crippen molar-refractivity contribution in [2.75, 3.05) is 0 Å². The number of hydrazone groups is 1. The van der Waals surface area contributed by atoms with Gasteiger partial charge in [-0.3, -0.25) is 9.59 Å². The number of halogens is 3. The minimum Gasteiger partial charge on any atom is -0.310 e. The molecule has 3 aromatic rings. The Bertz CT molecular complexity index is 1090. The van der Waals surface area contributed by atoms with Gasteiger partial charge in [0.05, 0.1) is 18.3 Å². The molecule has 1 aromatic heterocycles. The van der Waals surface area contributed by atoms with Crippen LogP contribution in [-0.4, -0.2) is 16.7 Å². The lowest BCUT2D eigenvalue weighted by molar-refractivity contribution is -0.137. The van der Waals surface area contributed by atoms with E-state index in [0.29, 0.717) is 6.54 Å². The molecule has 1 heterocycles. The maximum absolute atomic E-state index is 12.7. The van der Waals surface area contributed by atoms with Gasteiger partial charge in [0.1, 0.15) is 5.56 Å².